The van der Waals surface area contributed by atoms with Crippen molar-refractivity contribution in [3.05, 3.63) is 71.9 Å². The molecule has 2 aromatic carbocycles. The van der Waals surface area contributed by atoms with Crippen LogP contribution in [0.5, 0.6) is 0 Å². The number of H-pyrrole nitrogens is 1. The lowest BCUT2D eigenvalue weighted by molar-refractivity contribution is 0.478. The van der Waals surface area contributed by atoms with E-state index in [-0.39, 0.29) is 0 Å². The standard InChI is InChI=1S/C19H22N2/c1-14(21-15(2)16-8-4-3-5-9-16)12-17-13-20-19-11-7-6-10-18(17)19/h3-11,13-15,20-21H,12H2,1-2H3/t14-,15-/m0/s1. The minimum absolute atomic E-state index is 0.367. The SMILES string of the molecule is C[C@H](N[C@@H](C)Cc1c[nH]c2ccccc12)c1ccccc1. The molecule has 3 aromatic rings. The Morgan fingerprint density at radius 3 is 2.48 bits per heavy atom. The number of aromatic nitrogens is 1. The topological polar surface area (TPSA) is 27.8 Å². The summed E-state index contributed by atoms with van der Waals surface area (Å²) in [5.74, 6) is 0. The Balaban J connectivity index is 1.68. The molecule has 0 saturated carbocycles. The lowest BCUT2D eigenvalue weighted by Crippen LogP contribution is -2.30. The number of hydrogen-bond donors (Lipinski definition) is 2. The van der Waals surface area contributed by atoms with Crippen LogP contribution in [0.25, 0.3) is 10.9 Å². The molecule has 108 valence electrons. The molecule has 0 aliphatic heterocycles. The summed E-state index contributed by atoms with van der Waals surface area (Å²) in [7, 11) is 0. The van der Waals surface area contributed by atoms with Crippen LogP contribution in [-0.4, -0.2) is 11.0 Å². The molecule has 2 nitrogen and oxygen atoms in total. The molecule has 0 fully saturated rings. The van der Waals surface area contributed by atoms with Gasteiger partial charge in [-0.3, -0.25) is 0 Å². The first kappa shape index (κ1) is 13.9. The lowest BCUT2D eigenvalue weighted by Gasteiger charge is -2.20. The Hall–Kier alpha value is -2.06. The highest BCUT2D eigenvalue weighted by Gasteiger charge is 2.11. The van der Waals surface area contributed by atoms with Gasteiger partial charge in [-0.2, -0.15) is 0 Å². The van der Waals surface area contributed by atoms with E-state index in [1.807, 2.05) is 0 Å². The molecule has 0 aliphatic rings. The lowest BCUT2D eigenvalue weighted by atomic mass is 10.0. The summed E-state index contributed by atoms with van der Waals surface area (Å²) >= 11 is 0. The van der Waals surface area contributed by atoms with Gasteiger partial charge in [-0.1, -0.05) is 48.5 Å². The minimum atomic E-state index is 0.367. The number of para-hydroxylation sites is 1. The molecule has 0 aliphatic carbocycles. The van der Waals surface area contributed by atoms with Gasteiger partial charge in [-0.05, 0) is 37.5 Å². The summed E-state index contributed by atoms with van der Waals surface area (Å²) in [5.41, 5.74) is 3.94. The van der Waals surface area contributed by atoms with Crippen LogP contribution in [0.1, 0.15) is 31.0 Å². The first-order valence-electron chi connectivity index (χ1n) is 7.60. The molecule has 1 heterocycles. The smallest absolute Gasteiger partial charge is 0.0456 e. The van der Waals surface area contributed by atoms with Gasteiger partial charge < -0.3 is 10.3 Å². The van der Waals surface area contributed by atoms with Gasteiger partial charge in [0.25, 0.3) is 0 Å². The third-order valence-electron chi connectivity index (χ3n) is 4.04. The number of nitrogens with one attached hydrogen (secondary N) is 2. The maximum Gasteiger partial charge on any atom is 0.0456 e. The monoisotopic (exact) mass is 278 g/mol. The van der Waals surface area contributed by atoms with Crippen molar-refractivity contribution in [1.82, 2.24) is 10.3 Å². The summed E-state index contributed by atoms with van der Waals surface area (Å²) in [5, 5.41) is 5.02. The summed E-state index contributed by atoms with van der Waals surface area (Å²) in [6.07, 6.45) is 3.16. The molecule has 2 heteroatoms. The van der Waals surface area contributed by atoms with E-state index in [0.717, 1.165) is 6.42 Å². The van der Waals surface area contributed by atoms with Crippen LogP contribution >= 0.6 is 0 Å². The van der Waals surface area contributed by atoms with Gasteiger partial charge in [-0.15, -0.1) is 0 Å². The van der Waals surface area contributed by atoms with Gasteiger partial charge in [-0.25, -0.2) is 0 Å². The molecule has 2 N–H and O–H groups in total. The van der Waals surface area contributed by atoms with E-state index in [1.165, 1.54) is 22.0 Å². The van der Waals surface area contributed by atoms with Gasteiger partial charge >= 0.3 is 0 Å². The number of aromatic amines is 1. The highest BCUT2D eigenvalue weighted by molar-refractivity contribution is 5.83. The van der Waals surface area contributed by atoms with Crippen LogP contribution in [0.15, 0.2) is 60.8 Å². The molecule has 2 atom stereocenters. The van der Waals surface area contributed by atoms with E-state index in [9.17, 15) is 0 Å². The largest absolute Gasteiger partial charge is 0.361 e. The van der Waals surface area contributed by atoms with Crippen molar-refractivity contribution in [3.8, 4) is 0 Å². The van der Waals surface area contributed by atoms with Crippen molar-refractivity contribution in [2.75, 3.05) is 0 Å². The Morgan fingerprint density at radius 2 is 1.67 bits per heavy atom. The summed E-state index contributed by atoms with van der Waals surface area (Å²) in [4.78, 5) is 3.35. The van der Waals surface area contributed by atoms with Crippen molar-refractivity contribution in [1.29, 1.82) is 0 Å². The zero-order valence-corrected chi connectivity index (χ0v) is 12.6. The molecule has 0 radical (unpaired) electrons. The fourth-order valence-electron chi connectivity index (χ4n) is 2.95. The van der Waals surface area contributed by atoms with Crippen LogP contribution in [0.2, 0.25) is 0 Å². The highest BCUT2D eigenvalue weighted by atomic mass is 14.9. The Kier molecular flexibility index (Phi) is 4.07. The molecule has 0 saturated heterocycles. The second-order valence-corrected chi connectivity index (χ2v) is 5.76. The van der Waals surface area contributed by atoms with Crippen LogP contribution < -0.4 is 5.32 Å². The molecular weight excluding hydrogens is 256 g/mol. The number of benzene rings is 2. The van der Waals surface area contributed by atoms with E-state index in [0.29, 0.717) is 12.1 Å². The van der Waals surface area contributed by atoms with Crippen molar-refractivity contribution >= 4 is 10.9 Å². The second-order valence-electron chi connectivity index (χ2n) is 5.76. The molecule has 0 spiro atoms. The van der Waals surface area contributed by atoms with Gasteiger partial charge in [0.05, 0.1) is 0 Å². The van der Waals surface area contributed by atoms with E-state index < -0.39 is 0 Å². The number of rotatable bonds is 5. The quantitative estimate of drug-likeness (QED) is 0.709. The second kappa shape index (κ2) is 6.15. The molecule has 0 amide bonds. The van der Waals surface area contributed by atoms with E-state index in [2.05, 4.69) is 84.9 Å². The predicted molar refractivity (Wildman–Crippen MR) is 89.5 cm³/mol. The van der Waals surface area contributed by atoms with Crippen molar-refractivity contribution < 1.29 is 0 Å². The molecule has 0 bridgehead atoms. The molecule has 21 heavy (non-hydrogen) atoms. The van der Waals surface area contributed by atoms with Crippen molar-refractivity contribution in [3.63, 3.8) is 0 Å². The zero-order chi connectivity index (χ0) is 14.7. The maximum atomic E-state index is 3.69. The summed E-state index contributed by atoms with van der Waals surface area (Å²) < 4.78 is 0. The first-order valence-corrected chi connectivity index (χ1v) is 7.60. The Morgan fingerprint density at radius 1 is 0.952 bits per heavy atom. The average Bonchev–Trinajstić information content (AvgIpc) is 2.91. The van der Waals surface area contributed by atoms with Crippen LogP contribution in [0.3, 0.4) is 0 Å². The van der Waals surface area contributed by atoms with E-state index in [1.54, 1.807) is 0 Å². The minimum Gasteiger partial charge on any atom is -0.361 e. The Bertz CT molecular complexity index is 700. The fourth-order valence-corrected chi connectivity index (χ4v) is 2.95. The third-order valence-corrected chi connectivity index (χ3v) is 4.04. The molecular formula is C19H22N2. The number of fused-ring (bicyclic) bond motifs is 1. The maximum absolute atomic E-state index is 3.69. The van der Waals surface area contributed by atoms with Crippen LogP contribution in [0, 0.1) is 0 Å². The third kappa shape index (κ3) is 3.17. The van der Waals surface area contributed by atoms with Gasteiger partial charge in [0.2, 0.25) is 0 Å². The van der Waals surface area contributed by atoms with Gasteiger partial charge in [0, 0.05) is 29.2 Å². The fraction of sp³-hybridized carbons (Fsp3) is 0.263. The normalized spacial score (nSPS) is 14.2. The van der Waals surface area contributed by atoms with E-state index in [4.69, 9.17) is 0 Å². The van der Waals surface area contributed by atoms with Crippen molar-refractivity contribution in [2.24, 2.45) is 0 Å². The average molecular weight is 278 g/mol. The summed E-state index contributed by atoms with van der Waals surface area (Å²) in [6, 6.07) is 19.9. The van der Waals surface area contributed by atoms with Crippen LogP contribution in [0.4, 0.5) is 0 Å². The summed E-state index contributed by atoms with van der Waals surface area (Å²) in [6.45, 7) is 4.47. The molecule has 1 aromatic heterocycles. The van der Waals surface area contributed by atoms with Gasteiger partial charge in [0.15, 0.2) is 0 Å². The number of hydrogen-bond acceptors (Lipinski definition) is 1. The van der Waals surface area contributed by atoms with Gasteiger partial charge in [0.1, 0.15) is 0 Å². The zero-order valence-electron chi connectivity index (χ0n) is 12.6. The van der Waals surface area contributed by atoms with Crippen LogP contribution in [-0.2, 0) is 6.42 Å². The first-order chi connectivity index (χ1) is 10.2. The van der Waals surface area contributed by atoms with Crippen molar-refractivity contribution in [2.45, 2.75) is 32.4 Å². The highest BCUT2D eigenvalue weighted by Crippen LogP contribution is 2.20. The molecule has 0 unspecified atom stereocenters. The Labute approximate surface area is 126 Å². The predicted octanol–water partition coefficient (Wildman–Crippen LogP) is 4.45. The molecule has 3 rings (SSSR count). The van der Waals surface area contributed by atoms with E-state index >= 15 is 0 Å².